The Labute approximate surface area is 394 Å². The van der Waals surface area contributed by atoms with Gasteiger partial charge < -0.3 is 39.0 Å². The molecule has 1 spiro atoms. The average molecular weight is 923 g/mol. The zero-order valence-corrected chi connectivity index (χ0v) is 38.5. The normalized spacial score (nSPS) is 23.3. The molecule has 2 saturated heterocycles. The zero-order valence-electron chi connectivity index (χ0n) is 38.5. The van der Waals surface area contributed by atoms with Crippen molar-refractivity contribution < 1.29 is 52.8 Å². The Morgan fingerprint density at radius 2 is 1.43 bits per heavy atom. The number of rotatable bonds is 12. The van der Waals surface area contributed by atoms with Crippen molar-refractivity contribution in [2.45, 2.75) is 62.5 Å². The van der Waals surface area contributed by atoms with E-state index in [1.807, 2.05) is 77.7 Å². The number of cyclic esters (lactones) is 1. The quantitative estimate of drug-likeness (QED) is 0.135. The van der Waals surface area contributed by atoms with Crippen LogP contribution in [0.25, 0.3) is 0 Å². The van der Waals surface area contributed by atoms with Gasteiger partial charge in [0.2, 0.25) is 11.8 Å². The molecule has 4 heterocycles. The van der Waals surface area contributed by atoms with Crippen molar-refractivity contribution in [1.82, 2.24) is 15.1 Å². The summed E-state index contributed by atoms with van der Waals surface area (Å²) < 4.78 is 28.8. The Morgan fingerprint density at radius 1 is 0.794 bits per heavy atom. The van der Waals surface area contributed by atoms with Crippen molar-refractivity contribution in [2.75, 3.05) is 46.0 Å². The molecule has 0 bridgehead atoms. The number of benzene rings is 5. The van der Waals surface area contributed by atoms with E-state index in [-0.39, 0.29) is 32.0 Å². The molecule has 4 amide bonds. The summed E-state index contributed by atoms with van der Waals surface area (Å²) in [6.07, 6.45) is -0.477. The third-order valence-electron chi connectivity index (χ3n) is 13.8. The van der Waals surface area contributed by atoms with Crippen LogP contribution >= 0.6 is 0 Å². The van der Waals surface area contributed by atoms with E-state index in [4.69, 9.17) is 23.7 Å². The second-order valence-electron chi connectivity index (χ2n) is 17.7. The maximum absolute atomic E-state index is 16.5. The van der Waals surface area contributed by atoms with Gasteiger partial charge in [-0.25, -0.2) is 14.5 Å². The first-order valence-corrected chi connectivity index (χ1v) is 22.7. The third kappa shape index (κ3) is 7.59. The Kier molecular flexibility index (Phi) is 12.7. The van der Waals surface area contributed by atoms with Crippen molar-refractivity contribution in [3.63, 3.8) is 0 Å². The van der Waals surface area contributed by atoms with Crippen LogP contribution in [0.15, 0.2) is 121 Å². The summed E-state index contributed by atoms with van der Waals surface area (Å²) in [5, 5.41) is 12.4. The molecule has 5 aromatic rings. The van der Waals surface area contributed by atoms with Crippen molar-refractivity contribution in [3.8, 4) is 17.2 Å². The first kappa shape index (κ1) is 45.9. The van der Waals surface area contributed by atoms with Gasteiger partial charge in [-0.2, -0.15) is 0 Å². The summed E-state index contributed by atoms with van der Waals surface area (Å²) in [7, 11) is 4.33. The fourth-order valence-corrected chi connectivity index (χ4v) is 10.8. The van der Waals surface area contributed by atoms with E-state index >= 15 is 14.4 Å². The lowest BCUT2D eigenvalue weighted by Crippen LogP contribution is -2.58. The monoisotopic (exact) mass is 922 g/mol. The standard InChI is InChI=1S/C53H54N4O11/c1-31(2)43(49(60)66-5)54-52(63)56-39-19-13-12-18-38(39)53(51(56)62)42(48(59)55-25-24-35-28-40(64-3)41(65-4)29-36(35)30-55)45-50(61)68-46(33-16-10-7-11-17-33)44(32-14-8-6-9-15-32)57(45)47(53)34-20-22-37(23-21-34)67-27-26-58/h6-23,28-29,31,42-47,58H,24-27,30H2,1-5H3,(H,54,63)/t42-,43-,44-,45-,46+,47+,53-/m0/s1. The van der Waals surface area contributed by atoms with Crippen LogP contribution in [-0.2, 0) is 47.0 Å². The number of imide groups is 1. The van der Waals surface area contributed by atoms with E-state index in [0.717, 1.165) is 21.6 Å². The molecule has 68 heavy (non-hydrogen) atoms. The van der Waals surface area contributed by atoms with Crippen LogP contribution in [0.3, 0.4) is 0 Å². The average Bonchev–Trinajstić information content (AvgIpc) is 3.83. The van der Waals surface area contributed by atoms with Crippen LogP contribution in [0.1, 0.15) is 65.4 Å². The minimum absolute atomic E-state index is 0.0364. The van der Waals surface area contributed by atoms with Crippen LogP contribution in [-0.4, -0.2) is 97.9 Å². The van der Waals surface area contributed by atoms with E-state index in [0.29, 0.717) is 40.4 Å². The molecule has 0 unspecified atom stereocenters. The van der Waals surface area contributed by atoms with Crippen molar-refractivity contribution >= 4 is 35.5 Å². The summed E-state index contributed by atoms with van der Waals surface area (Å²) >= 11 is 0. The highest BCUT2D eigenvalue weighted by atomic mass is 16.6. The van der Waals surface area contributed by atoms with Gasteiger partial charge in [0.15, 0.2) is 11.5 Å². The highest BCUT2D eigenvalue weighted by Gasteiger charge is 2.76. The molecule has 0 saturated carbocycles. The minimum atomic E-state index is -1.99. The van der Waals surface area contributed by atoms with Crippen LogP contribution in [0.4, 0.5) is 10.5 Å². The number of carbonyl (C=O) groups excluding carboxylic acids is 5. The number of ether oxygens (including phenoxy) is 5. The Hall–Kier alpha value is -7.23. The van der Waals surface area contributed by atoms with Gasteiger partial charge in [-0.05, 0) is 76.1 Å². The number of esters is 2. The van der Waals surface area contributed by atoms with E-state index in [1.54, 1.807) is 81.5 Å². The Balaban J connectivity index is 1.31. The number of hydrogen-bond acceptors (Lipinski definition) is 12. The molecule has 15 nitrogen and oxygen atoms in total. The zero-order chi connectivity index (χ0) is 47.9. The van der Waals surface area contributed by atoms with Crippen LogP contribution in [0.5, 0.6) is 17.2 Å². The van der Waals surface area contributed by atoms with Crippen molar-refractivity contribution in [3.05, 3.63) is 155 Å². The summed E-state index contributed by atoms with van der Waals surface area (Å²) in [5.74, 6) is -3.10. The van der Waals surface area contributed by atoms with Gasteiger partial charge in [-0.3, -0.25) is 19.3 Å². The number of para-hydroxylation sites is 1. The molecule has 0 aromatic heterocycles. The maximum atomic E-state index is 16.5. The molecule has 352 valence electrons. The number of methoxy groups -OCH3 is 3. The number of aliphatic hydroxyl groups excluding tert-OH is 1. The molecule has 15 heteroatoms. The van der Waals surface area contributed by atoms with E-state index in [2.05, 4.69) is 5.32 Å². The lowest BCUT2D eigenvalue weighted by atomic mass is 9.65. The van der Waals surface area contributed by atoms with Crippen molar-refractivity contribution in [1.29, 1.82) is 0 Å². The smallest absolute Gasteiger partial charge is 0.329 e. The van der Waals surface area contributed by atoms with Gasteiger partial charge in [0.25, 0.3) is 0 Å². The topological polar surface area (TPSA) is 173 Å². The van der Waals surface area contributed by atoms with Crippen LogP contribution < -0.4 is 24.4 Å². The molecular weight excluding hydrogens is 869 g/mol. The highest BCUT2D eigenvalue weighted by molar-refractivity contribution is 6.25. The van der Waals surface area contributed by atoms with Gasteiger partial charge >= 0.3 is 18.0 Å². The van der Waals surface area contributed by atoms with Gasteiger partial charge in [-0.1, -0.05) is 105 Å². The number of aliphatic hydroxyl groups is 1. The number of nitrogens with one attached hydrogen (secondary N) is 1. The largest absolute Gasteiger partial charge is 0.493 e. The molecule has 7 atom stereocenters. The number of amides is 4. The third-order valence-corrected chi connectivity index (χ3v) is 13.8. The fraction of sp³-hybridized carbons (Fsp3) is 0.340. The number of morpholine rings is 1. The minimum Gasteiger partial charge on any atom is -0.493 e. The maximum Gasteiger partial charge on any atom is 0.329 e. The Morgan fingerprint density at radius 3 is 2.06 bits per heavy atom. The van der Waals surface area contributed by atoms with Gasteiger partial charge in [0, 0.05) is 13.1 Å². The Bertz CT molecular complexity index is 2720. The van der Waals surface area contributed by atoms with E-state index in [9.17, 15) is 14.7 Å². The number of urea groups is 1. The highest BCUT2D eigenvalue weighted by Crippen LogP contribution is 2.66. The van der Waals surface area contributed by atoms with Crippen LogP contribution in [0.2, 0.25) is 0 Å². The summed E-state index contributed by atoms with van der Waals surface area (Å²) in [6.45, 7) is 3.67. The molecule has 5 aromatic carbocycles. The second kappa shape index (κ2) is 18.8. The predicted molar refractivity (Wildman–Crippen MR) is 249 cm³/mol. The number of hydrogen-bond donors (Lipinski definition) is 2. The summed E-state index contributed by atoms with van der Waals surface area (Å²) in [4.78, 5) is 81.0. The SMILES string of the molecule is COC(=O)[C@@H](NC(=O)N1C(=O)[C@@]2(c3ccccc31)[C@H](C(=O)N1CCc3cc(OC)c(OC)cc3C1)[C@H]1C(=O)O[C@H](c3ccccc3)[C@H](c3ccccc3)N1[C@@H]2c1ccc(OCCO)cc1)C(C)C. The number of anilines is 1. The lowest BCUT2D eigenvalue weighted by Gasteiger charge is -2.46. The van der Waals surface area contributed by atoms with E-state index < -0.39 is 77.3 Å². The second-order valence-corrected chi connectivity index (χ2v) is 17.7. The van der Waals surface area contributed by atoms with Gasteiger partial charge in [-0.15, -0.1) is 0 Å². The van der Waals surface area contributed by atoms with Gasteiger partial charge in [0.1, 0.15) is 36.0 Å². The number of carbonyl (C=O) groups is 5. The van der Waals surface area contributed by atoms with E-state index in [1.165, 1.54) is 7.11 Å². The first-order chi connectivity index (χ1) is 33.0. The molecule has 4 aliphatic heterocycles. The molecule has 9 rings (SSSR count). The lowest BCUT2D eigenvalue weighted by molar-refractivity contribution is -0.179. The number of nitrogens with zero attached hydrogens (tertiary/aromatic N) is 3. The predicted octanol–water partition coefficient (Wildman–Crippen LogP) is 6.23. The van der Waals surface area contributed by atoms with Crippen LogP contribution in [0, 0.1) is 11.8 Å². The van der Waals surface area contributed by atoms with Gasteiger partial charge in [0.05, 0.1) is 51.6 Å². The molecule has 2 N–H and O–H groups in total. The molecular formula is C53H54N4O11. The first-order valence-electron chi connectivity index (χ1n) is 22.7. The van der Waals surface area contributed by atoms with Crippen molar-refractivity contribution in [2.24, 2.45) is 11.8 Å². The summed E-state index contributed by atoms with van der Waals surface area (Å²) in [6, 6.07) is 31.2. The number of fused-ring (bicyclic) bond motifs is 4. The fourth-order valence-electron chi connectivity index (χ4n) is 10.8. The molecule has 0 aliphatic carbocycles. The summed E-state index contributed by atoms with van der Waals surface area (Å²) in [5.41, 5.74) is 2.31. The molecule has 4 aliphatic rings. The molecule has 0 radical (unpaired) electrons. The molecule has 2 fully saturated rings.